The second-order valence-electron chi connectivity index (χ2n) is 8.86. The van der Waals surface area contributed by atoms with Gasteiger partial charge in [0.25, 0.3) is 0 Å². The Bertz CT molecular complexity index is 1080. The molecule has 2 heterocycles. The van der Waals surface area contributed by atoms with Crippen LogP contribution in [-0.4, -0.2) is 32.7 Å². The molecule has 5 rings (SSSR count). The van der Waals surface area contributed by atoms with Gasteiger partial charge in [-0.15, -0.1) is 0 Å². The van der Waals surface area contributed by atoms with Gasteiger partial charge in [-0.2, -0.15) is 0 Å². The monoisotopic (exact) mass is 421 g/mol. The van der Waals surface area contributed by atoms with Gasteiger partial charge in [-0.25, -0.2) is 4.39 Å². The zero-order valence-corrected chi connectivity index (χ0v) is 18.2. The van der Waals surface area contributed by atoms with E-state index in [1.54, 1.807) is 18.1 Å². The summed E-state index contributed by atoms with van der Waals surface area (Å²) in [5.74, 6) is 0.795. The van der Waals surface area contributed by atoms with Crippen molar-refractivity contribution in [1.82, 2.24) is 10.6 Å². The van der Waals surface area contributed by atoms with Crippen molar-refractivity contribution < 1.29 is 13.9 Å². The summed E-state index contributed by atoms with van der Waals surface area (Å²) in [7, 11) is 3.52. The van der Waals surface area contributed by atoms with Gasteiger partial charge in [0.2, 0.25) is 5.91 Å². The van der Waals surface area contributed by atoms with E-state index in [2.05, 4.69) is 29.3 Å². The topological polar surface area (TPSA) is 53.6 Å². The lowest BCUT2D eigenvalue weighted by molar-refractivity contribution is -0.119. The van der Waals surface area contributed by atoms with Gasteiger partial charge in [0.15, 0.2) is 0 Å². The maximum atomic E-state index is 13.6. The number of benzene rings is 2. The Labute approximate surface area is 182 Å². The Balaban J connectivity index is 1.39. The van der Waals surface area contributed by atoms with E-state index in [1.807, 2.05) is 20.0 Å². The number of amides is 1. The van der Waals surface area contributed by atoms with Crippen LogP contribution in [0.1, 0.15) is 40.6 Å². The standard InChI is InChI=1S/C25H28FN3O2/c1-13-9-16(26)5-6-17(13)24-19(7-8-27-24)28-12-15-10-20-18(11-21(15)31-4)22-14(2)23(22)25(30)29(20)3/h5-6,9-11,19,22-24,27-28H,2,7-8,12H2,1,3-4H3/t19?,22-,23-,24+/m1/s1. The van der Waals surface area contributed by atoms with Crippen LogP contribution in [0.5, 0.6) is 5.75 Å². The third-order valence-electron chi connectivity index (χ3n) is 7.09. The molecule has 2 fully saturated rings. The van der Waals surface area contributed by atoms with E-state index in [0.717, 1.165) is 52.2 Å². The molecular weight excluding hydrogens is 393 g/mol. The molecule has 0 aromatic heterocycles. The molecule has 3 aliphatic rings. The number of hydrogen-bond acceptors (Lipinski definition) is 4. The second-order valence-corrected chi connectivity index (χ2v) is 8.86. The molecule has 2 aromatic rings. The fraction of sp³-hybridized carbons (Fsp3) is 0.400. The van der Waals surface area contributed by atoms with E-state index in [9.17, 15) is 9.18 Å². The van der Waals surface area contributed by atoms with Crippen molar-refractivity contribution >= 4 is 11.6 Å². The molecule has 2 N–H and O–H groups in total. The number of aryl methyl sites for hydroxylation is 1. The van der Waals surface area contributed by atoms with Gasteiger partial charge in [-0.3, -0.25) is 4.79 Å². The lowest BCUT2D eigenvalue weighted by atomic mass is 9.95. The minimum Gasteiger partial charge on any atom is -0.496 e. The number of fused-ring (bicyclic) bond motifs is 3. The maximum Gasteiger partial charge on any atom is 0.234 e. The normalized spacial score (nSPS) is 26.6. The first-order valence-corrected chi connectivity index (χ1v) is 10.8. The number of halogens is 1. The van der Waals surface area contributed by atoms with Crippen molar-refractivity contribution in [1.29, 1.82) is 0 Å². The molecule has 0 radical (unpaired) electrons. The first kappa shape index (κ1) is 20.2. The van der Waals surface area contributed by atoms with Crippen LogP contribution in [0.25, 0.3) is 0 Å². The first-order chi connectivity index (χ1) is 14.9. The molecule has 6 heteroatoms. The summed E-state index contributed by atoms with van der Waals surface area (Å²) in [6.07, 6.45) is 0.983. The van der Waals surface area contributed by atoms with Crippen molar-refractivity contribution in [3.8, 4) is 5.75 Å². The molecule has 2 aliphatic heterocycles. The Morgan fingerprint density at radius 1 is 1.26 bits per heavy atom. The molecular formula is C25H28FN3O2. The fourth-order valence-electron chi connectivity index (χ4n) is 5.30. The third-order valence-corrected chi connectivity index (χ3v) is 7.09. The molecule has 4 atom stereocenters. The predicted octanol–water partition coefficient (Wildman–Crippen LogP) is 3.58. The molecule has 162 valence electrons. The summed E-state index contributed by atoms with van der Waals surface area (Å²) in [4.78, 5) is 14.4. The average Bonchev–Trinajstić information content (AvgIpc) is 3.20. The smallest absolute Gasteiger partial charge is 0.234 e. The minimum absolute atomic E-state index is 0.0737. The highest BCUT2D eigenvalue weighted by atomic mass is 19.1. The van der Waals surface area contributed by atoms with Gasteiger partial charge >= 0.3 is 0 Å². The highest BCUT2D eigenvalue weighted by molar-refractivity contribution is 6.05. The highest BCUT2D eigenvalue weighted by Gasteiger charge is 2.54. The van der Waals surface area contributed by atoms with E-state index in [4.69, 9.17) is 4.74 Å². The van der Waals surface area contributed by atoms with Gasteiger partial charge < -0.3 is 20.3 Å². The quantitative estimate of drug-likeness (QED) is 0.725. The average molecular weight is 422 g/mol. The number of anilines is 1. The van der Waals surface area contributed by atoms with E-state index in [0.29, 0.717) is 6.54 Å². The minimum atomic E-state index is -0.207. The van der Waals surface area contributed by atoms with Crippen molar-refractivity contribution in [2.45, 2.75) is 37.9 Å². The van der Waals surface area contributed by atoms with Crippen LogP contribution >= 0.6 is 0 Å². The Morgan fingerprint density at radius 3 is 2.81 bits per heavy atom. The number of methoxy groups -OCH3 is 1. The molecule has 5 nitrogen and oxygen atoms in total. The van der Waals surface area contributed by atoms with Crippen LogP contribution in [0.2, 0.25) is 0 Å². The summed E-state index contributed by atoms with van der Waals surface area (Å²) in [5.41, 5.74) is 6.16. The van der Waals surface area contributed by atoms with Crippen molar-refractivity contribution in [2.24, 2.45) is 5.92 Å². The van der Waals surface area contributed by atoms with Crippen LogP contribution in [-0.2, 0) is 11.3 Å². The number of carbonyl (C=O) groups is 1. The summed E-state index contributed by atoms with van der Waals surface area (Å²) < 4.78 is 19.3. The number of rotatable bonds is 5. The van der Waals surface area contributed by atoms with Crippen LogP contribution in [0.4, 0.5) is 10.1 Å². The molecule has 1 aliphatic carbocycles. The van der Waals surface area contributed by atoms with Crippen molar-refractivity contribution in [3.63, 3.8) is 0 Å². The SMILES string of the molecule is C=C1[C@H]2C(=O)N(C)c3cc(CNC4CCN[C@H]4c4ccc(F)cc4C)c(OC)cc3[C@@H]12. The van der Waals surface area contributed by atoms with Gasteiger partial charge in [-0.1, -0.05) is 18.2 Å². The van der Waals surface area contributed by atoms with Gasteiger partial charge in [0.1, 0.15) is 11.6 Å². The molecule has 1 saturated heterocycles. The van der Waals surface area contributed by atoms with E-state index in [-0.39, 0.29) is 35.6 Å². The highest BCUT2D eigenvalue weighted by Crippen LogP contribution is 2.59. The number of ether oxygens (including phenoxy) is 1. The largest absolute Gasteiger partial charge is 0.496 e. The zero-order chi connectivity index (χ0) is 21.9. The number of hydrogen-bond donors (Lipinski definition) is 2. The Kier molecular flexibility index (Phi) is 4.87. The van der Waals surface area contributed by atoms with Gasteiger partial charge in [0.05, 0.1) is 13.0 Å². The van der Waals surface area contributed by atoms with Crippen LogP contribution in [0, 0.1) is 18.7 Å². The molecule has 1 saturated carbocycles. The summed E-state index contributed by atoms with van der Waals surface area (Å²) >= 11 is 0. The summed E-state index contributed by atoms with van der Waals surface area (Å²) in [5, 5.41) is 7.22. The lowest BCUT2D eigenvalue weighted by Crippen LogP contribution is -2.35. The van der Waals surface area contributed by atoms with Crippen molar-refractivity contribution in [2.75, 3.05) is 25.6 Å². The zero-order valence-electron chi connectivity index (χ0n) is 18.2. The lowest BCUT2D eigenvalue weighted by Gasteiger charge is -2.27. The molecule has 1 unspecified atom stereocenters. The van der Waals surface area contributed by atoms with E-state index in [1.165, 1.54) is 6.07 Å². The molecule has 0 bridgehead atoms. The van der Waals surface area contributed by atoms with Gasteiger partial charge in [0, 0.05) is 42.8 Å². The van der Waals surface area contributed by atoms with E-state index < -0.39 is 0 Å². The fourth-order valence-corrected chi connectivity index (χ4v) is 5.30. The third kappa shape index (κ3) is 3.25. The number of nitrogens with one attached hydrogen (secondary N) is 2. The number of carbonyl (C=O) groups excluding carboxylic acids is 1. The molecule has 31 heavy (non-hydrogen) atoms. The summed E-state index contributed by atoms with van der Waals surface area (Å²) in [6, 6.07) is 9.48. The predicted molar refractivity (Wildman–Crippen MR) is 119 cm³/mol. The first-order valence-electron chi connectivity index (χ1n) is 10.8. The van der Waals surface area contributed by atoms with Crippen LogP contribution < -0.4 is 20.3 Å². The van der Waals surface area contributed by atoms with E-state index >= 15 is 0 Å². The molecule has 0 spiro atoms. The summed E-state index contributed by atoms with van der Waals surface area (Å²) in [6.45, 7) is 7.56. The molecule has 2 aromatic carbocycles. The second kappa shape index (κ2) is 7.46. The van der Waals surface area contributed by atoms with Gasteiger partial charge in [-0.05, 0) is 60.8 Å². The van der Waals surface area contributed by atoms with Crippen molar-refractivity contribution in [3.05, 3.63) is 70.6 Å². The van der Waals surface area contributed by atoms with Crippen LogP contribution in [0.3, 0.4) is 0 Å². The maximum absolute atomic E-state index is 13.6. The molecule has 1 amide bonds. The Morgan fingerprint density at radius 2 is 2.06 bits per heavy atom. The Hall–Kier alpha value is -2.70. The van der Waals surface area contributed by atoms with Crippen LogP contribution in [0.15, 0.2) is 42.5 Å². The number of nitrogens with zero attached hydrogens (tertiary/aromatic N) is 1.